The summed E-state index contributed by atoms with van der Waals surface area (Å²) in [6.45, 7) is 7.15. The van der Waals surface area contributed by atoms with Crippen LogP contribution in [0.25, 0.3) is 0 Å². The minimum Gasteiger partial charge on any atom is -0.356 e. The van der Waals surface area contributed by atoms with Crippen molar-refractivity contribution in [2.45, 2.75) is 33.6 Å². The third kappa shape index (κ3) is 1.79. The van der Waals surface area contributed by atoms with Crippen LogP contribution in [0.3, 0.4) is 0 Å². The lowest BCUT2D eigenvalue weighted by molar-refractivity contribution is -0.131. The summed E-state index contributed by atoms with van der Waals surface area (Å²) >= 11 is 0. The third-order valence-electron chi connectivity index (χ3n) is 2.87. The van der Waals surface area contributed by atoms with Gasteiger partial charge in [-0.2, -0.15) is 0 Å². The summed E-state index contributed by atoms with van der Waals surface area (Å²) in [6.07, 6.45) is 2.33. The maximum absolute atomic E-state index is 11.4. The standard InChI is InChI=1S/C10H19NO/c1-4-11-10(12)9-6-5-8(9)7(2)3/h7-9H,4-6H2,1-3H3,(H,11,12)/t8-,9-/m0/s1. The average Bonchev–Trinajstić information content (AvgIpc) is 1.82. The maximum atomic E-state index is 11.4. The number of amides is 1. The minimum absolute atomic E-state index is 0.266. The number of nitrogens with one attached hydrogen (secondary N) is 1. The number of carbonyl (C=O) groups excluding carboxylic acids is 1. The van der Waals surface area contributed by atoms with Crippen molar-refractivity contribution in [1.82, 2.24) is 5.32 Å². The van der Waals surface area contributed by atoms with Crippen LogP contribution < -0.4 is 5.32 Å². The van der Waals surface area contributed by atoms with Crippen LogP contribution >= 0.6 is 0 Å². The molecule has 2 heteroatoms. The maximum Gasteiger partial charge on any atom is 0.223 e. The van der Waals surface area contributed by atoms with Gasteiger partial charge in [0.05, 0.1) is 0 Å². The van der Waals surface area contributed by atoms with E-state index in [0.717, 1.165) is 13.0 Å². The van der Waals surface area contributed by atoms with E-state index in [9.17, 15) is 4.79 Å². The van der Waals surface area contributed by atoms with Gasteiger partial charge in [-0.3, -0.25) is 4.79 Å². The lowest BCUT2D eigenvalue weighted by atomic mass is 9.67. The Labute approximate surface area is 74.7 Å². The van der Waals surface area contributed by atoms with Crippen LogP contribution in [0.2, 0.25) is 0 Å². The number of rotatable bonds is 3. The lowest BCUT2D eigenvalue weighted by Crippen LogP contribution is -2.42. The van der Waals surface area contributed by atoms with E-state index in [1.807, 2.05) is 6.92 Å². The molecule has 1 aliphatic rings. The van der Waals surface area contributed by atoms with Crippen molar-refractivity contribution in [2.75, 3.05) is 6.54 Å². The van der Waals surface area contributed by atoms with E-state index in [0.29, 0.717) is 17.8 Å². The molecule has 1 fully saturated rings. The molecule has 1 aliphatic carbocycles. The molecule has 0 aromatic carbocycles. The van der Waals surface area contributed by atoms with Crippen LogP contribution in [0.4, 0.5) is 0 Å². The number of hydrogen-bond acceptors (Lipinski definition) is 1. The molecule has 2 atom stereocenters. The fourth-order valence-electron chi connectivity index (χ4n) is 1.95. The fourth-order valence-corrected chi connectivity index (χ4v) is 1.95. The Kier molecular flexibility index (Phi) is 3.12. The molecule has 0 bridgehead atoms. The first-order valence-corrected chi connectivity index (χ1v) is 4.94. The molecule has 2 nitrogen and oxygen atoms in total. The minimum atomic E-state index is 0.266. The fraction of sp³-hybridized carbons (Fsp3) is 0.900. The molecule has 1 rings (SSSR count). The Bertz CT molecular complexity index is 165. The van der Waals surface area contributed by atoms with Crippen molar-refractivity contribution < 1.29 is 4.79 Å². The molecule has 0 radical (unpaired) electrons. The highest BCUT2D eigenvalue weighted by molar-refractivity contribution is 5.79. The Hall–Kier alpha value is -0.530. The monoisotopic (exact) mass is 169 g/mol. The molecule has 0 aromatic rings. The zero-order valence-electron chi connectivity index (χ0n) is 8.26. The Morgan fingerprint density at radius 2 is 2.17 bits per heavy atom. The SMILES string of the molecule is CCNC(=O)[C@H]1CC[C@H]1C(C)C. The molecule has 0 saturated heterocycles. The van der Waals surface area contributed by atoms with Crippen LogP contribution in [0.15, 0.2) is 0 Å². The van der Waals surface area contributed by atoms with E-state index in [-0.39, 0.29) is 5.91 Å². The molecule has 1 N–H and O–H groups in total. The molecular formula is C10H19NO. The summed E-state index contributed by atoms with van der Waals surface area (Å²) < 4.78 is 0. The van der Waals surface area contributed by atoms with Gasteiger partial charge in [-0.15, -0.1) is 0 Å². The van der Waals surface area contributed by atoms with Crippen LogP contribution in [0.5, 0.6) is 0 Å². The summed E-state index contributed by atoms with van der Waals surface area (Å²) in [4.78, 5) is 11.4. The molecule has 0 unspecified atom stereocenters. The zero-order chi connectivity index (χ0) is 9.14. The molecule has 0 spiro atoms. The predicted octanol–water partition coefficient (Wildman–Crippen LogP) is 1.80. The van der Waals surface area contributed by atoms with Gasteiger partial charge in [0.15, 0.2) is 0 Å². The van der Waals surface area contributed by atoms with Gasteiger partial charge in [0, 0.05) is 12.5 Å². The Morgan fingerprint density at radius 1 is 1.50 bits per heavy atom. The van der Waals surface area contributed by atoms with Crippen molar-refractivity contribution in [3.63, 3.8) is 0 Å². The van der Waals surface area contributed by atoms with Crippen molar-refractivity contribution in [3.8, 4) is 0 Å². The normalized spacial score (nSPS) is 28.3. The van der Waals surface area contributed by atoms with Crippen LogP contribution in [-0.4, -0.2) is 12.5 Å². The second kappa shape index (κ2) is 3.92. The van der Waals surface area contributed by atoms with Crippen LogP contribution in [0.1, 0.15) is 33.6 Å². The van der Waals surface area contributed by atoms with E-state index in [4.69, 9.17) is 0 Å². The molecule has 12 heavy (non-hydrogen) atoms. The van der Waals surface area contributed by atoms with Crippen molar-refractivity contribution >= 4 is 5.91 Å². The summed E-state index contributed by atoms with van der Waals surface area (Å²) in [5.74, 6) is 1.87. The molecular weight excluding hydrogens is 150 g/mol. The summed E-state index contributed by atoms with van der Waals surface area (Å²) in [5.41, 5.74) is 0. The summed E-state index contributed by atoms with van der Waals surface area (Å²) in [5, 5.41) is 2.89. The Morgan fingerprint density at radius 3 is 2.50 bits per heavy atom. The van der Waals surface area contributed by atoms with Crippen molar-refractivity contribution in [1.29, 1.82) is 0 Å². The zero-order valence-corrected chi connectivity index (χ0v) is 8.26. The summed E-state index contributed by atoms with van der Waals surface area (Å²) in [6, 6.07) is 0. The van der Waals surface area contributed by atoms with Gasteiger partial charge in [-0.1, -0.05) is 13.8 Å². The first-order valence-electron chi connectivity index (χ1n) is 4.94. The van der Waals surface area contributed by atoms with E-state index in [1.54, 1.807) is 0 Å². The van der Waals surface area contributed by atoms with Gasteiger partial charge < -0.3 is 5.32 Å². The Balaban J connectivity index is 2.38. The first-order chi connectivity index (χ1) is 5.66. The van der Waals surface area contributed by atoms with Gasteiger partial charge in [0.2, 0.25) is 5.91 Å². The molecule has 0 aliphatic heterocycles. The van der Waals surface area contributed by atoms with Crippen molar-refractivity contribution in [2.24, 2.45) is 17.8 Å². The second-order valence-corrected chi connectivity index (χ2v) is 3.99. The largest absolute Gasteiger partial charge is 0.356 e. The molecule has 1 saturated carbocycles. The quantitative estimate of drug-likeness (QED) is 0.686. The van der Waals surface area contributed by atoms with E-state index in [2.05, 4.69) is 19.2 Å². The van der Waals surface area contributed by atoms with Gasteiger partial charge in [-0.05, 0) is 31.6 Å². The highest BCUT2D eigenvalue weighted by Gasteiger charge is 2.37. The third-order valence-corrected chi connectivity index (χ3v) is 2.87. The van der Waals surface area contributed by atoms with E-state index >= 15 is 0 Å². The average molecular weight is 169 g/mol. The van der Waals surface area contributed by atoms with Crippen LogP contribution in [-0.2, 0) is 4.79 Å². The molecule has 70 valence electrons. The van der Waals surface area contributed by atoms with Gasteiger partial charge >= 0.3 is 0 Å². The highest BCUT2D eigenvalue weighted by Crippen LogP contribution is 2.39. The molecule has 0 heterocycles. The molecule has 0 aromatic heterocycles. The number of carbonyl (C=O) groups is 1. The highest BCUT2D eigenvalue weighted by atomic mass is 16.1. The smallest absolute Gasteiger partial charge is 0.223 e. The lowest BCUT2D eigenvalue weighted by Gasteiger charge is -2.38. The van der Waals surface area contributed by atoms with Crippen LogP contribution in [0, 0.1) is 17.8 Å². The summed E-state index contributed by atoms with van der Waals surface area (Å²) in [7, 11) is 0. The van der Waals surface area contributed by atoms with Crippen molar-refractivity contribution in [3.05, 3.63) is 0 Å². The second-order valence-electron chi connectivity index (χ2n) is 3.99. The first kappa shape index (κ1) is 9.56. The predicted molar refractivity (Wildman–Crippen MR) is 49.7 cm³/mol. The van der Waals surface area contributed by atoms with Gasteiger partial charge in [0.25, 0.3) is 0 Å². The topological polar surface area (TPSA) is 29.1 Å². The van der Waals surface area contributed by atoms with E-state index < -0.39 is 0 Å². The number of hydrogen-bond donors (Lipinski definition) is 1. The van der Waals surface area contributed by atoms with Gasteiger partial charge in [0.1, 0.15) is 0 Å². The van der Waals surface area contributed by atoms with Gasteiger partial charge in [-0.25, -0.2) is 0 Å². The van der Waals surface area contributed by atoms with E-state index in [1.165, 1.54) is 6.42 Å². The molecule has 1 amide bonds.